The molecule has 2 aromatic carbocycles. The Bertz CT molecular complexity index is 733. The monoisotopic (exact) mass is 389 g/mol. The molecule has 24 heavy (non-hydrogen) atoms. The highest BCUT2D eigenvalue weighted by atomic mass is 79.9. The van der Waals surface area contributed by atoms with Crippen molar-refractivity contribution in [2.45, 2.75) is 26.2 Å². The minimum absolute atomic E-state index is 0.0576. The number of carbonyl (C=O) groups excluding carboxylic acids is 2. The van der Waals surface area contributed by atoms with Crippen LogP contribution in [0.3, 0.4) is 0 Å². The lowest BCUT2D eigenvalue weighted by molar-refractivity contribution is -0.119. The fraction of sp³-hybridized carbons (Fsp3) is 0.263. The highest BCUT2D eigenvalue weighted by Gasteiger charge is 2.14. The van der Waals surface area contributed by atoms with Crippen LogP contribution in [0.1, 0.15) is 36.7 Å². The minimum Gasteiger partial charge on any atom is -0.452 e. The van der Waals surface area contributed by atoms with Crippen molar-refractivity contribution >= 4 is 33.5 Å². The zero-order chi connectivity index (χ0) is 17.7. The highest BCUT2D eigenvalue weighted by molar-refractivity contribution is 9.10. The molecule has 0 saturated carbocycles. The van der Waals surface area contributed by atoms with Gasteiger partial charge >= 0.3 is 5.97 Å². The van der Waals surface area contributed by atoms with E-state index in [-0.39, 0.29) is 17.9 Å². The van der Waals surface area contributed by atoms with E-state index in [9.17, 15) is 9.59 Å². The molecular weight excluding hydrogens is 370 g/mol. The van der Waals surface area contributed by atoms with Gasteiger partial charge in [0.15, 0.2) is 6.61 Å². The zero-order valence-corrected chi connectivity index (χ0v) is 15.5. The SMILES string of the molecule is CC(C)(C)c1ccc(NC(=O)COC(=O)c2cccc(Br)c2)cc1. The number of benzene rings is 2. The first-order valence-corrected chi connectivity index (χ1v) is 8.38. The minimum atomic E-state index is -0.533. The molecule has 1 N–H and O–H groups in total. The second kappa shape index (κ2) is 7.62. The van der Waals surface area contributed by atoms with E-state index < -0.39 is 5.97 Å². The molecule has 4 nitrogen and oxygen atoms in total. The number of nitrogens with one attached hydrogen (secondary N) is 1. The Morgan fingerprint density at radius 2 is 1.75 bits per heavy atom. The summed E-state index contributed by atoms with van der Waals surface area (Å²) >= 11 is 3.29. The normalized spacial score (nSPS) is 11.0. The molecule has 0 spiro atoms. The van der Waals surface area contributed by atoms with Crippen molar-refractivity contribution in [3.63, 3.8) is 0 Å². The van der Waals surface area contributed by atoms with Crippen molar-refractivity contribution in [3.05, 3.63) is 64.1 Å². The average Bonchev–Trinajstić information content (AvgIpc) is 2.52. The number of ether oxygens (including phenoxy) is 1. The number of hydrogen-bond donors (Lipinski definition) is 1. The van der Waals surface area contributed by atoms with Gasteiger partial charge in [0.25, 0.3) is 5.91 Å². The molecule has 5 heteroatoms. The van der Waals surface area contributed by atoms with Gasteiger partial charge in [-0.2, -0.15) is 0 Å². The molecule has 0 bridgehead atoms. The van der Waals surface area contributed by atoms with Crippen LogP contribution in [0.4, 0.5) is 5.69 Å². The van der Waals surface area contributed by atoms with E-state index in [1.54, 1.807) is 18.2 Å². The summed E-state index contributed by atoms with van der Waals surface area (Å²) in [5, 5.41) is 2.71. The van der Waals surface area contributed by atoms with Gasteiger partial charge in [-0.1, -0.05) is 54.9 Å². The lowest BCUT2D eigenvalue weighted by atomic mass is 9.87. The molecule has 0 unspecified atom stereocenters. The van der Waals surface area contributed by atoms with Crippen LogP contribution in [-0.2, 0) is 14.9 Å². The number of hydrogen-bond acceptors (Lipinski definition) is 3. The zero-order valence-electron chi connectivity index (χ0n) is 13.9. The first-order chi connectivity index (χ1) is 11.3. The Hall–Kier alpha value is -2.14. The molecular formula is C19H20BrNO3. The molecule has 0 aliphatic carbocycles. The van der Waals surface area contributed by atoms with Crippen molar-refractivity contribution in [1.29, 1.82) is 0 Å². The quantitative estimate of drug-likeness (QED) is 0.780. The van der Waals surface area contributed by atoms with Crippen LogP contribution in [0.5, 0.6) is 0 Å². The second-order valence-electron chi connectivity index (χ2n) is 6.46. The van der Waals surface area contributed by atoms with Crippen LogP contribution in [0.2, 0.25) is 0 Å². The lowest BCUT2D eigenvalue weighted by Crippen LogP contribution is -2.21. The van der Waals surface area contributed by atoms with Crippen molar-refractivity contribution in [3.8, 4) is 0 Å². The second-order valence-corrected chi connectivity index (χ2v) is 7.38. The van der Waals surface area contributed by atoms with Gasteiger partial charge in [0.05, 0.1) is 5.56 Å². The summed E-state index contributed by atoms with van der Waals surface area (Å²) in [4.78, 5) is 23.8. The Morgan fingerprint density at radius 1 is 1.08 bits per heavy atom. The lowest BCUT2D eigenvalue weighted by Gasteiger charge is -2.19. The summed E-state index contributed by atoms with van der Waals surface area (Å²) in [7, 11) is 0. The van der Waals surface area contributed by atoms with Gasteiger partial charge in [-0.05, 0) is 41.3 Å². The summed E-state index contributed by atoms with van der Waals surface area (Å²) in [6.07, 6.45) is 0. The maximum absolute atomic E-state index is 11.9. The third-order valence-corrected chi connectivity index (χ3v) is 3.92. The Labute approximate surface area is 150 Å². The molecule has 1 amide bonds. The molecule has 0 aliphatic rings. The van der Waals surface area contributed by atoms with E-state index in [2.05, 4.69) is 42.0 Å². The summed E-state index contributed by atoms with van der Waals surface area (Å²) in [5.74, 6) is -0.906. The van der Waals surface area contributed by atoms with Crippen LogP contribution in [0, 0.1) is 0 Å². The molecule has 0 atom stereocenters. The number of amides is 1. The van der Waals surface area contributed by atoms with E-state index >= 15 is 0 Å². The molecule has 0 saturated heterocycles. The van der Waals surface area contributed by atoms with Gasteiger partial charge in [-0.3, -0.25) is 4.79 Å². The van der Waals surface area contributed by atoms with Crippen molar-refractivity contribution in [1.82, 2.24) is 0 Å². The fourth-order valence-corrected chi connectivity index (χ4v) is 2.48. The van der Waals surface area contributed by atoms with Crippen LogP contribution in [-0.4, -0.2) is 18.5 Å². The maximum Gasteiger partial charge on any atom is 0.338 e. The fourth-order valence-electron chi connectivity index (χ4n) is 2.08. The van der Waals surface area contributed by atoms with Gasteiger partial charge in [-0.15, -0.1) is 0 Å². The van der Waals surface area contributed by atoms with E-state index in [1.807, 2.05) is 30.3 Å². The van der Waals surface area contributed by atoms with E-state index in [0.29, 0.717) is 11.3 Å². The molecule has 2 rings (SSSR count). The smallest absolute Gasteiger partial charge is 0.338 e. The maximum atomic E-state index is 11.9. The summed E-state index contributed by atoms with van der Waals surface area (Å²) in [6.45, 7) is 6.05. The predicted octanol–water partition coefficient (Wildman–Crippen LogP) is 4.54. The highest BCUT2D eigenvalue weighted by Crippen LogP contribution is 2.23. The third kappa shape index (κ3) is 5.20. The summed E-state index contributed by atoms with van der Waals surface area (Å²) in [6, 6.07) is 14.5. The largest absolute Gasteiger partial charge is 0.452 e. The van der Waals surface area contributed by atoms with Crippen molar-refractivity contribution in [2.75, 3.05) is 11.9 Å². The van der Waals surface area contributed by atoms with E-state index in [4.69, 9.17) is 4.74 Å². The average molecular weight is 390 g/mol. The Balaban J connectivity index is 1.88. The Kier molecular flexibility index (Phi) is 5.78. The topological polar surface area (TPSA) is 55.4 Å². The molecule has 2 aromatic rings. The molecule has 0 heterocycles. The van der Waals surface area contributed by atoms with Crippen molar-refractivity contribution < 1.29 is 14.3 Å². The predicted molar refractivity (Wildman–Crippen MR) is 98.2 cm³/mol. The van der Waals surface area contributed by atoms with E-state index in [1.165, 1.54) is 5.56 Å². The van der Waals surface area contributed by atoms with Gasteiger partial charge < -0.3 is 10.1 Å². The summed E-state index contributed by atoms with van der Waals surface area (Å²) < 4.78 is 5.80. The Morgan fingerprint density at radius 3 is 2.33 bits per heavy atom. The molecule has 0 aromatic heterocycles. The third-order valence-electron chi connectivity index (χ3n) is 3.43. The number of esters is 1. The van der Waals surface area contributed by atoms with E-state index in [0.717, 1.165) is 4.47 Å². The van der Waals surface area contributed by atoms with Crippen LogP contribution in [0.25, 0.3) is 0 Å². The van der Waals surface area contributed by atoms with Gasteiger partial charge in [-0.25, -0.2) is 4.79 Å². The van der Waals surface area contributed by atoms with Gasteiger partial charge in [0, 0.05) is 10.2 Å². The van der Waals surface area contributed by atoms with Crippen LogP contribution >= 0.6 is 15.9 Å². The first kappa shape index (κ1) is 18.2. The molecule has 126 valence electrons. The van der Waals surface area contributed by atoms with Crippen LogP contribution in [0.15, 0.2) is 53.0 Å². The number of anilines is 1. The number of carbonyl (C=O) groups is 2. The van der Waals surface area contributed by atoms with Crippen molar-refractivity contribution in [2.24, 2.45) is 0 Å². The molecule has 0 radical (unpaired) electrons. The standard InChI is InChI=1S/C19H20BrNO3/c1-19(2,3)14-7-9-16(10-8-14)21-17(22)12-24-18(23)13-5-4-6-15(20)11-13/h4-11H,12H2,1-3H3,(H,21,22). The number of halogens is 1. The van der Waals surface area contributed by atoms with Gasteiger partial charge in [0.1, 0.15) is 0 Å². The molecule has 0 aliphatic heterocycles. The summed E-state index contributed by atoms with van der Waals surface area (Å²) in [5.41, 5.74) is 2.31. The number of rotatable bonds is 4. The first-order valence-electron chi connectivity index (χ1n) is 7.59. The van der Waals surface area contributed by atoms with Gasteiger partial charge in [0.2, 0.25) is 0 Å². The molecule has 0 fully saturated rings. The van der Waals surface area contributed by atoms with Crippen LogP contribution < -0.4 is 5.32 Å².